The van der Waals surface area contributed by atoms with Gasteiger partial charge in [-0.15, -0.1) is 6.58 Å². The van der Waals surface area contributed by atoms with Crippen molar-refractivity contribution in [3.8, 4) is 28.0 Å². The molecule has 1 aliphatic rings. The minimum atomic E-state index is -4.80. The third-order valence-electron chi connectivity index (χ3n) is 7.72. The van der Waals surface area contributed by atoms with Crippen molar-refractivity contribution in [1.29, 1.82) is 0 Å². The fourth-order valence-corrected chi connectivity index (χ4v) is 5.50. The molecule has 4 aromatic carbocycles. The molecule has 4 aromatic rings. The van der Waals surface area contributed by atoms with Gasteiger partial charge in [-0.1, -0.05) is 30.3 Å². The summed E-state index contributed by atoms with van der Waals surface area (Å²) in [5.41, 5.74) is -1.73. The van der Waals surface area contributed by atoms with E-state index in [4.69, 9.17) is 4.74 Å². The maximum atomic E-state index is 15.2. The van der Waals surface area contributed by atoms with Crippen LogP contribution in [-0.2, 0) is 10.8 Å². The molecule has 45 heavy (non-hydrogen) atoms. The zero-order valence-electron chi connectivity index (χ0n) is 23.5. The first-order chi connectivity index (χ1) is 21.4. The van der Waals surface area contributed by atoms with Gasteiger partial charge in [-0.25, -0.2) is 30.7 Å². The van der Waals surface area contributed by atoms with E-state index < -0.39 is 63.7 Å². The van der Waals surface area contributed by atoms with Gasteiger partial charge < -0.3 is 9.47 Å². The number of hydrogen-bond donors (Lipinski definition) is 0. The number of alkyl halides is 2. The topological polar surface area (TPSA) is 18.5 Å². The summed E-state index contributed by atoms with van der Waals surface area (Å²) in [6, 6.07) is 9.08. The first-order valence-electron chi connectivity index (χ1n) is 13.9. The highest BCUT2D eigenvalue weighted by molar-refractivity contribution is 5.72. The van der Waals surface area contributed by atoms with Gasteiger partial charge in [0.2, 0.25) is 0 Å². The molecule has 0 heterocycles. The molecular weight excluding hydrogens is 611 g/mol. The second-order valence-electron chi connectivity index (χ2n) is 10.7. The van der Waals surface area contributed by atoms with Crippen molar-refractivity contribution in [3.63, 3.8) is 0 Å². The Morgan fingerprint density at radius 3 is 1.80 bits per heavy atom. The first kappa shape index (κ1) is 32.2. The molecule has 0 spiro atoms. The van der Waals surface area contributed by atoms with E-state index in [1.807, 2.05) is 0 Å². The highest BCUT2D eigenvalue weighted by Gasteiger charge is 2.41. The number of ether oxygens (including phenoxy) is 2. The number of rotatable bonds is 9. The van der Waals surface area contributed by atoms with Gasteiger partial charge in [0.15, 0.2) is 17.5 Å². The second-order valence-corrected chi connectivity index (χ2v) is 10.7. The average molecular weight is 637 g/mol. The number of hydrogen-bond acceptors (Lipinski definition) is 2. The molecule has 0 aliphatic heterocycles. The predicted molar refractivity (Wildman–Crippen MR) is 149 cm³/mol. The Hall–Kier alpha value is -4.25. The predicted octanol–water partition coefficient (Wildman–Crippen LogP) is 10.4. The van der Waals surface area contributed by atoms with E-state index >= 15 is 8.78 Å². The van der Waals surface area contributed by atoms with E-state index in [0.29, 0.717) is 18.7 Å². The van der Waals surface area contributed by atoms with Gasteiger partial charge in [0.1, 0.15) is 34.6 Å². The van der Waals surface area contributed by atoms with Crippen molar-refractivity contribution >= 4 is 0 Å². The summed E-state index contributed by atoms with van der Waals surface area (Å²) in [5.74, 6) is -12.1. The smallest absolute Gasteiger partial charge is 0.429 e. The van der Waals surface area contributed by atoms with Crippen LogP contribution in [0.3, 0.4) is 0 Å². The standard InChI is InChI=1S/C34H25F9O2/c1-2-11-44-22-7-3-18(4-8-22)19-5-9-24(26(35)12-19)20-6-10-25(27(36)13-20)21-14-28(37)32(29(38)15-21)34(42,43)45-23-16-30(39)33(41)31(40)17-23/h2,5-6,9-10,12-18,22H,1,3-4,7-8,11H2. The van der Waals surface area contributed by atoms with Gasteiger partial charge in [-0.05, 0) is 72.6 Å². The van der Waals surface area contributed by atoms with Crippen molar-refractivity contribution in [2.24, 2.45) is 0 Å². The van der Waals surface area contributed by atoms with E-state index in [9.17, 15) is 30.7 Å². The molecule has 236 valence electrons. The second kappa shape index (κ2) is 13.0. The normalized spacial score (nSPS) is 16.9. The molecule has 0 amide bonds. The van der Waals surface area contributed by atoms with E-state index in [1.165, 1.54) is 18.2 Å². The molecule has 1 aliphatic carbocycles. The first-order valence-corrected chi connectivity index (χ1v) is 13.9. The lowest BCUT2D eigenvalue weighted by Crippen LogP contribution is -2.25. The third kappa shape index (κ3) is 6.88. The van der Waals surface area contributed by atoms with Gasteiger partial charge in [0, 0.05) is 23.3 Å². The lowest BCUT2D eigenvalue weighted by atomic mass is 9.82. The highest BCUT2D eigenvalue weighted by Crippen LogP contribution is 2.39. The molecular formula is C34H25F9O2. The molecule has 5 rings (SSSR count). The summed E-state index contributed by atoms with van der Waals surface area (Å²) >= 11 is 0. The Bertz CT molecular complexity index is 1680. The SMILES string of the molecule is C=CCOC1CCC(c2ccc(-c3ccc(-c4cc(F)c(C(F)(F)Oc5cc(F)c(F)c(F)c5)c(F)c4)c(F)c3)c(F)c2)CC1. The van der Waals surface area contributed by atoms with Crippen LogP contribution < -0.4 is 4.74 Å². The third-order valence-corrected chi connectivity index (χ3v) is 7.72. The lowest BCUT2D eigenvalue weighted by Gasteiger charge is -2.28. The van der Waals surface area contributed by atoms with Crippen LogP contribution in [0.1, 0.15) is 42.7 Å². The maximum Gasteiger partial charge on any atom is 0.432 e. The molecule has 0 radical (unpaired) electrons. The molecule has 1 saturated carbocycles. The van der Waals surface area contributed by atoms with Crippen molar-refractivity contribution < 1.29 is 49.0 Å². The van der Waals surface area contributed by atoms with Crippen LogP contribution >= 0.6 is 0 Å². The molecule has 0 saturated heterocycles. The van der Waals surface area contributed by atoms with Crippen LogP contribution in [0.2, 0.25) is 0 Å². The molecule has 0 atom stereocenters. The van der Waals surface area contributed by atoms with Crippen LogP contribution in [0.15, 0.2) is 73.3 Å². The zero-order valence-corrected chi connectivity index (χ0v) is 23.5. The van der Waals surface area contributed by atoms with Crippen LogP contribution in [0, 0.1) is 40.7 Å². The Balaban J connectivity index is 1.35. The Labute approximate surface area is 252 Å². The Morgan fingerprint density at radius 2 is 1.22 bits per heavy atom. The highest BCUT2D eigenvalue weighted by atomic mass is 19.3. The van der Waals surface area contributed by atoms with Gasteiger partial charge in [0.25, 0.3) is 0 Å². The summed E-state index contributed by atoms with van der Waals surface area (Å²) in [6.45, 7) is 4.11. The largest absolute Gasteiger partial charge is 0.432 e. The minimum absolute atomic E-state index is 0.0795. The minimum Gasteiger partial charge on any atom is -0.429 e. The van der Waals surface area contributed by atoms with E-state index in [2.05, 4.69) is 11.3 Å². The summed E-state index contributed by atoms with van der Waals surface area (Å²) in [4.78, 5) is 0. The fourth-order valence-electron chi connectivity index (χ4n) is 5.50. The summed E-state index contributed by atoms with van der Waals surface area (Å²) in [6.07, 6.45) is 0.313. The fraction of sp³-hybridized carbons (Fsp3) is 0.235. The molecule has 0 unspecified atom stereocenters. The molecule has 0 N–H and O–H groups in total. The monoisotopic (exact) mass is 636 g/mol. The lowest BCUT2D eigenvalue weighted by molar-refractivity contribution is -0.189. The van der Waals surface area contributed by atoms with E-state index in [0.717, 1.165) is 43.4 Å². The zero-order chi connectivity index (χ0) is 32.5. The van der Waals surface area contributed by atoms with E-state index in [-0.39, 0.29) is 40.8 Å². The molecule has 0 bridgehead atoms. The van der Waals surface area contributed by atoms with Crippen LogP contribution in [0.4, 0.5) is 39.5 Å². The Morgan fingerprint density at radius 1 is 0.667 bits per heavy atom. The van der Waals surface area contributed by atoms with Crippen LogP contribution in [0.5, 0.6) is 5.75 Å². The van der Waals surface area contributed by atoms with Crippen LogP contribution in [-0.4, -0.2) is 12.7 Å². The van der Waals surface area contributed by atoms with Gasteiger partial charge >= 0.3 is 6.11 Å². The van der Waals surface area contributed by atoms with Crippen molar-refractivity contribution in [3.05, 3.63) is 125 Å². The average Bonchev–Trinajstić information content (AvgIpc) is 2.98. The Kier molecular flexibility index (Phi) is 9.29. The summed E-state index contributed by atoms with van der Waals surface area (Å²) in [7, 11) is 0. The van der Waals surface area contributed by atoms with Gasteiger partial charge in [0.05, 0.1) is 12.7 Å². The quantitative estimate of drug-likeness (QED) is 0.103. The number of benzene rings is 4. The van der Waals surface area contributed by atoms with E-state index in [1.54, 1.807) is 12.1 Å². The summed E-state index contributed by atoms with van der Waals surface area (Å²) in [5, 5.41) is 0. The van der Waals surface area contributed by atoms with Crippen molar-refractivity contribution in [2.45, 2.75) is 43.8 Å². The molecule has 11 heteroatoms. The van der Waals surface area contributed by atoms with Crippen LogP contribution in [0.25, 0.3) is 22.3 Å². The van der Waals surface area contributed by atoms with Gasteiger partial charge in [-0.2, -0.15) is 8.78 Å². The molecule has 1 fully saturated rings. The van der Waals surface area contributed by atoms with Crippen molar-refractivity contribution in [2.75, 3.05) is 6.61 Å². The summed E-state index contributed by atoms with van der Waals surface area (Å²) < 4.78 is 139. The molecule has 0 aromatic heterocycles. The number of halogens is 9. The molecule has 2 nitrogen and oxygen atoms in total. The maximum absolute atomic E-state index is 15.2. The van der Waals surface area contributed by atoms with Gasteiger partial charge in [-0.3, -0.25) is 0 Å². The van der Waals surface area contributed by atoms with Crippen molar-refractivity contribution in [1.82, 2.24) is 0 Å².